The van der Waals surface area contributed by atoms with Gasteiger partial charge in [0.15, 0.2) is 0 Å². The van der Waals surface area contributed by atoms with Gasteiger partial charge in [-0.05, 0) is 18.2 Å². The molecule has 0 spiro atoms. The normalized spacial score (nSPS) is 10.4. The second-order valence-corrected chi connectivity index (χ2v) is 4.55. The van der Waals surface area contributed by atoms with Crippen molar-refractivity contribution in [3.05, 3.63) is 51.5 Å². The topological polar surface area (TPSA) is 26.0 Å². The van der Waals surface area contributed by atoms with E-state index in [9.17, 15) is 0 Å². The highest BCUT2D eigenvalue weighted by Crippen LogP contribution is 2.36. The molecule has 0 bridgehead atoms. The van der Waals surface area contributed by atoms with Crippen LogP contribution in [0.3, 0.4) is 0 Å². The maximum absolute atomic E-state index is 6.12. The Kier molecular flexibility index (Phi) is 3.29. The first-order chi connectivity index (χ1) is 7.59. The number of halogens is 3. The molecule has 0 atom stereocenters. The van der Waals surface area contributed by atoms with Crippen LogP contribution in [-0.4, -0.2) is 0 Å². The smallest absolute Gasteiger partial charge is 0.0671 e. The molecule has 0 aliphatic carbocycles. The van der Waals surface area contributed by atoms with Crippen LogP contribution in [0.25, 0.3) is 11.1 Å². The molecule has 0 saturated heterocycles. The molecule has 1 nitrogen and oxygen atoms in total. The molecule has 0 unspecified atom stereocenters. The van der Waals surface area contributed by atoms with Gasteiger partial charge in [0.25, 0.3) is 0 Å². The van der Waals surface area contributed by atoms with Gasteiger partial charge in [-0.25, -0.2) is 0 Å². The number of hydrogen-bond donors (Lipinski definition) is 1. The van der Waals surface area contributed by atoms with E-state index in [-0.39, 0.29) is 0 Å². The second-order valence-electron chi connectivity index (χ2n) is 3.33. The van der Waals surface area contributed by atoms with Gasteiger partial charge in [0.1, 0.15) is 0 Å². The SMILES string of the molecule is Nc1cc(Cl)ccc1-c1cccc(Cl)c1Cl. The Bertz CT molecular complexity index is 538. The number of benzene rings is 2. The van der Waals surface area contributed by atoms with E-state index >= 15 is 0 Å². The highest BCUT2D eigenvalue weighted by atomic mass is 35.5. The molecule has 4 heteroatoms. The van der Waals surface area contributed by atoms with Gasteiger partial charge in [0, 0.05) is 21.8 Å². The molecule has 0 amide bonds. The zero-order valence-electron chi connectivity index (χ0n) is 8.18. The summed E-state index contributed by atoms with van der Waals surface area (Å²) in [6, 6.07) is 10.7. The summed E-state index contributed by atoms with van der Waals surface area (Å²) in [5, 5.41) is 1.60. The van der Waals surface area contributed by atoms with E-state index in [0.29, 0.717) is 20.8 Å². The molecule has 0 fully saturated rings. The highest BCUT2D eigenvalue weighted by molar-refractivity contribution is 6.43. The van der Waals surface area contributed by atoms with Crippen LogP contribution in [0.1, 0.15) is 0 Å². The summed E-state index contributed by atoms with van der Waals surface area (Å²) >= 11 is 17.9. The fourth-order valence-electron chi connectivity index (χ4n) is 1.49. The molecule has 0 saturated carbocycles. The third kappa shape index (κ3) is 2.12. The van der Waals surface area contributed by atoms with Crippen molar-refractivity contribution in [3.8, 4) is 11.1 Å². The first kappa shape index (κ1) is 11.6. The van der Waals surface area contributed by atoms with Gasteiger partial charge in [-0.3, -0.25) is 0 Å². The van der Waals surface area contributed by atoms with Crippen LogP contribution >= 0.6 is 34.8 Å². The molecule has 2 aromatic rings. The van der Waals surface area contributed by atoms with Crippen LogP contribution in [0.2, 0.25) is 15.1 Å². The zero-order valence-corrected chi connectivity index (χ0v) is 10.4. The number of nitrogen functional groups attached to an aromatic ring is 1. The van der Waals surface area contributed by atoms with E-state index < -0.39 is 0 Å². The van der Waals surface area contributed by atoms with Crippen molar-refractivity contribution in [2.45, 2.75) is 0 Å². The minimum atomic E-state index is 0.498. The minimum Gasteiger partial charge on any atom is -0.398 e. The molecule has 2 aromatic carbocycles. The summed E-state index contributed by atoms with van der Waals surface area (Å²) < 4.78 is 0. The summed E-state index contributed by atoms with van der Waals surface area (Å²) in [5.74, 6) is 0. The molecule has 16 heavy (non-hydrogen) atoms. The van der Waals surface area contributed by atoms with Crippen molar-refractivity contribution in [2.24, 2.45) is 0 Å². The van der Waals surface area contributed by atoms with E-state index in [1.54, 1.807) is 18.2 Å². The quantitative estimate of drug-likeness (QED) is 0.734. The molecular weight excluding hydrogens is 264 g/mol. The lowest BCUT2D eigenvalue weighted by molar-refractivity contribution is 1.61. The highest BCUT2D eigenvalue weighted by Gasteiger charge is 2.09. The maximum Gasteiger partial charge on any atom is 0.0671 e. The monoisotopic (exact) mass is 271 g/mol. The third-order valence-corrected chi connectivity index (χ3v) is 3.31. The van der Waals surface area contributed by atoms with Crippen LogP contribution in [-0.2, 0) is 0 Å². The van der Waals surface area contributed by atoms with Gasteiger partial charge >= 0.3 is 0 Å². The summed E-state index contributed by atoms with van der Waals surface area (Å²) in [5.41, 5.74) is 8.11. The lowest BCUT2D eigenvalue weighted by Gasteiger charge is -2.09. The molecule has 2 rings (SSSR count). The van der Waals surface area contributed by atoms with Gasteiger partial charge in [0.05, 0.1) is 10.0 Å². The van der Waals surface area contributed by atoms with Gasteiger partial charge < -0.3 is 5.73 Å². The number of nitrogens with two attached hydrogens (primary N) is 1. The predicted molar refractivity (Wildman–Crippen MR) is 71.3 cm³/mol. The van der Waals surface area contributed by atoms with E-state index in [4.69, 9.17) is 40.5 Å². The molecule has 0 aliphatic heterocycles. The zero-order chi connectivity index (χ0) is 11.7. The summed E-state index contributed by atoms with van der Waals surface area (Å²) in [6.07, 6.45) is 0. The van der Waals surface area contributed by atoms with Crippen LogP contribution < -0.4 is 5.73 Å². The Morgan fingerprint density at radius 1 is 0.875 bits per heavy atom. The summed E-state index contributed by atoms with van der Waals surface area (Å²) in [6.45, 7) is 0. The van der Waals surface area contributed by atoms with Gasteiger partial charge in [-0.2, -0.15) is 0 Å². The molecular formula is C12H8Cl3N. The third-order valence-electron chi connectivity index (χ3n) is 2.26. The maximum atomic E-state index is 6.12. The van der Waals surface area contributed by atoms with Crippen LogP contribution in [0.4, 0.5) is 5.69 Å². The molecule has 2 N–H and O–H groups in total. The average Bonchev–Trinajstić information content (AvgIpc) is 2.23. The van der Waals surface area contributed by atoms with E-state index in [1.165, 1.54) is 0 Å². The number of hydrogen-bond acceptors (Lipinski definition) is 1. The molecule has 0 radical (unpaired) electrons. The van der Waals surface area contributed by atoms with Crippen molar-refractivity contribution in [3.63, 3.8) is 0 Å². The molecule has 82 valence electrons. The van der Waals surface area contributed by atoms with E-state index in [0.717, 1.165) is 11.1 Å². The fourth-order valence-corrected chi connectivity index (χ4v) is 2.07. The van der Waals surface area contributed by atoms with Crippen molar-refractivity contribution >= 4 is 40.5 Å². The first-order valence-corrected chi connectivity index (χ1v) is 5.72. The standard InChI is InChI=1S/C12H8Cl3N/c13-7-4-5-8(11(16)6-7)9-2-1-3-10(14)12(9)15/h1-6H,16H2. The lowest BCUT2D eigenvalue weighted by Crippen LogP contribution is -1.90. The van der Waals surface area contributed by atoms with E-state index in [1.807, 2.05) is 18.2 Å². The number of anilines is 1. The Labute approximate surface area is 109 Å². The van der Waals surface area contributed by atoms with Gasteiger partial charge in [-0.1, -0.05) is 53.0 Å². The Hall–Kier alpha value is -0.890. The average molecular weight is 273 g/mol. The van der Waals surface area contributed by atoms with Crippen molar-refractivity contribution in [2.75, 3.05) is 5.73 Å². The van der Waals surface area contributed by atoms with E-state index in [2.05, 4.69) is 0 Å². The Morgan fingerprint density at radius 3 is 2.31 bits per heavy atom. The minimum absolute atomic E-state index is 0.498. The summed E-state index contributed by atoms with van der Waals surface area (Å²) in [7, 11) is 0. The van der Waals surface area contributed by atoms with Crippen LogP contribution in [0.15, 0.2) is 36.4 Å². The largest absolute Gasteiger partial charge is 0.398 e. The lowest BCUT2D eigenvalue weighted by atomic mass is 10.0. The van der Waals surface area contributed by atoms with Gasteiger partial charge in [-0.15, -0.1) is 0 Å². The molecule has 0 aliphatic rings. The summed E-state index contributed by atoms with van der Waals surface area (Å²) in [4.78, 5) is 0. The molecule has 0 heterocycles. The predicted octanol–water partition coefficient (Wildman–Crippen LogP) is 4.90. The second kappa shape index (κ2) is 4.54. The Morgan fingerprint density at radius 2 is 1.62 bits per heavy atom. The molecule has 0 aromatic heterocycles. The Balaban J connectivity index is 2.63. The number of rotatable bonds is 1. The van der Waals surface area contributed by atoms with Crippen LogP contribution in [0.5, 0.6) is 0 Å². The van der Waals surface area contributed by atoms with Crippen molar-refractivity contribution < 1.29 is 0 Å². The van der Waals surface area contributed by atoms with Crippen molar-refractivity contribution in [1.82, 2.24) is 0 Å². The van der Waals surface area contributed by atoms with Crippen molar-refractivity contribution in [1.29, 1.82) is 0 Å². The first-order valence-electron chi connectivity index (χ1n) is 4.59. The van der Waals surface area contributed by atoms with Gasteiger partial charge in [0.2, 0.25) is 0 Å². The fraction of sp³-hybridized carbons (Fsp3) is 0. The van der Waals surface area contributed by atoms with Crippen LogP contribution in [0, 0.1) is 0 Å².